The van der Waals surface area contributed by atoms with Crippen LogP contribution in [0.2, 0.25) is 0 Å². The molecule has 0 fully saturated rings. The van der Waals surface area contributed by atoms with E-state index in [2.05, 4.69) is 0 Å². The number of hydrogen-bond acceptors (Lipinski definition) is 6. The zero-order valence-electron chi connectivity index (χ0n) is 11.1. The van der Waals surface area contributed by atoms with E-state index >= 15 is 0 Å². The number of benzene rings is 2. The number of carboxylic acid groups (broad SMARTS) is 2. The van der Waals surface area contributed by atoms with E-state index in [0.717, 1.165) is 0 Å². The summed E-state index contributed by atoms with van der Waals surface area (Å²) in [4.78, 5) is 20.3. The van der Waals surface area contributed by atoms with Gasteiger partial charge in [0, 0.05) is 11.4 Å². The summed E-state index contributed by atoms with van der Waals surface area (Å²) in [7, 11) is 0. The van der Waals surface area contributed by atoms with Crippen molar-refractivity contribution in [2.45, 2.75) is 0 Å². The van der Waals surface area contributed by atoms with Gasteiger partial charge in [0.2, 0.25) is 0 Å². The van der Waals surface area contributed by atoms with Crippen molar-refractivity contribution in [3.8, 4) is 0 Å². The zero-order valence-corrected chi connectivity index (χ0v) is 14.6. The molecule has 0 heterocycles. The van der Waals surface area contributed by atoms with Crippen LogP contribution < -0.4 is 21.7 Å². The quantitative estimate of drug-likeness (QED) is 0.515. The van der Waals surface area contributed by atoms with Crippen LogP contribution in [0.25, 0.3) is 0 Å². The molecule has 0 amide bonds. The maximum absolute atomic E-state index is 10.2. The first-order chi connectivity index (χ1) is 9.40. The Hall–Kier alpha value is -1.54. The Labute approximate surface area is 158 Å². The fourth-order valence-electron chi connectivity index (χ4n) is 1.24. The predicted molar refractivity (Wildman–Crippen MR) is 76.1 cm³/mol. The van der Waals surface area contributed by atoms with Crippen molar-refractivity contribution in [2.24, 2.45) is 0 Å². The Balaban J connectivity index is 0.000000364. The molecule has 0 aliphatic carbocycles. The van der Waals surface area contributed by atoms with Crippen LogP contribution >= 0.6 is 0 Å². The minimum absolute atomic E-state index is 0. The van der Waals surface area contributed by atoms with Crippen molar-refractivity contribution < 1.29 is 19.8 Å². The van der Waals surface area contributed by atoms with Gasteiger partial charge in [-0.2, -0.15) is 0 Å². The molecule has 0 spiro atoms. The molecule has 0 aliphatic heterocycles. The molecule has 0 aromatic heterocycles. The molecule has 21 heavy (non-hydrogen) atoms. The van der Waals surface area contributed by atoms with Crippen LogP contribution in [0.3, 0.4) is 0 Å². The minimum atomic E-state index is -1.18. The van der Waals surface area contributed by atoms with E-state index in [1.54, 1.807) is 0 Å². The Morgan fingerprint density at radius 1 is 0.667 bits per heavy atom. The van der Waals surface area contributed by atoms with E-state index in [9.17, 15) is 19.8 Å². The van der Waals surface area contributed by atoms with Gasteiger partial charge in [0.05, 0.1) is 11.9 Å². The van der Waals surface area contributed by atoms with Crippen LogP contribution in [-0.2, 0) is 0 Å². The second-order valence-corrected chi connectivity index (χ2v) is 3.82. The summed E-state index contributed by atoms with van der Waals surface area (Å²) >= 11 is 0. The standard InChI is InChI=1S/2C7H7NO2.Sr/c2*8-6-3-1-5(2-4-6)7(9)10;/h2*1-4H,8H2,(H,9,10);/q;;+2/p-2. The summed E-state index contributed by atoms with van der Waals surface area (Å²) < 4.78 is 0. The van der Waals surface area contributed by atoms with Crippen LogP contribution in [-0.4, -0.2) is 57.4 Å². The zero-order chi connectivity index (χ0) is 15.1. The molecule has 0 atom stereocenters. The number of anilines is 2. The van der Waals surface area contributed by atoms with Gasteiger partial charge in [-0.25, -0.2) is 0 Å². The van der Waals surface area contributed by atoms with Gasteiger partial charge in [0.1, 0.15) is 0 Å². The second kappa shape index (κ2) is 9.41. The van der Waals surface area contributed by atoms with E-state index < -0.39 is 11.9 Å². The number of nitrogen functional groups attached to an aromatic ring is 2. The Morgan fingerprint density at radius 3 is 1.10 bits per heavy atom. The van der Waals surface area contributed by atoms with Gasteiger partial charge in [-0.05, 0) is 35.4 Å². The third-order valence-corrected chi connectivity index (χ3v) is 2.29. The van der Waals surface area contributed by atoms with Crippen molar-refractivity contribution in [3.05, 3.63) is 59.7 Å². The molecule has 0 aliphatic rings. The largest absolute Gasteiger partial charge is 2.00 e. The molecule has 2 aromatic rings. The molecule has 104 valence electrons. The summed E-state index contributed by atoms with van der Waals surface area (Å²) in [5.74, 6) is -2.36. The molecular weight excluding hydrogens is 348 g/mol. The van der Waals surface area contributed by atoms with Crippen molar-refractivity contribution >= 4 is 68.8 Å². The Bertz CT molecular complexity index is 542. The number of carbonyl (C=O) groups excluding carboxylic acids is 2. The van der Waals surface area contributed by atoms with Gasteiger partial charge in [0.25, 0.3) is 0 Å². The van der Waals surface area contributed by atoms with Crippen LogP contribution in [0.5, 0.6) is 0 Å². The van der Waals surface area contributed by atoms with E-state index in [1.165, 1.54) is 48.5 Å². The van der Waals surface area contributed by atoms with Gasteiger partial charge >= 0.3 is 45.5 Å². The van der Waals surface area contributed by atoms with Crippen LogP contribution in [0.4, 0.5) is 11.4 Å². The molecular formula is C14H12N2O4Sr. The average Bonchev–Trinajstić information content (AvgIpc) is 2.40. The maximum Gasteiger partial charge on any atom is 2.00 e. The second-order valence-electron chi connectivity index (χ2n) is 3.82. The monoisotopic (exact) mass is 360 g/mol. The number of rotatable bonds is 2. The van der Waals surface area contributed by atoms with Gasteiger partial charge in [-0.15, -0.1) is 0 Å². The van der Waals surface area contributed by atoms with Crippen molar-refractivity contribution in [1.29, 1.82) is 0 Å². The average molecular weight is 360 g/mol. The number of carboxylic acids is 2. The molecule has 7 heteroatoms. The number of hydrogen-bond donors (Lipinski definition) is 2. The first-order valence-electron chi connectivity index (χ1n) is 5.54. The molecule has 6 nitrogen and oxygen atoms in total. The first-order valence-corrected chi connectivity index (χ1v) is 5.54. The maximum atomic E-state index is 10.2. The summed E-state index contributed by atoms with van der Waals surface area (Å²) in [5, 5.41) is 20.3. The SMILES string of the molecule is Nc1ccc(C(=O)[O-])cc1.Nc1ccc(C(=O)[O-])cc1.[Sr+2]. The first kappa shape index (κ1) is 19.5. The molecule has 2 aromatic carbocycles. The smallest absolute Gasteiger partial charge is 0.545 e. The van der Waals surface area contributed by atoms with E-state index in [-0.39, 0.29) is 56.6 Å². The van der Waals surface area contributed by atoms with Crippen LogP contribution in [0.15, 0.2) is 48.5 Å². The van der Waals surface area contributed by atoms with Gasteiger partial charge < -0.3 is 31.3 Å². The van der Waals surface area contributed by atoms with E-state index in [0.29, 0.717) is 11.4 Å². The molecule has 0 bridgehead atoms. The summed E-state index contributed by atoms with van der Waals surface area (Å²) in [6, 6.07) is 11.7. The molecule has 4 N–H and O–H groups in total. The number of nitrogens with two attached hydrogens (primary N) is 2. The fourth-order valence-corrected chi connectivity index (χ4v) is 1.24. The summed E-state index contributed by atoms with van der Waals surface area (Å²) in [6.07, 6.45) is 0. The molecule has 0 saturated carbocycles. The van der Waals surface area contributed by atoms with E-state index in [1.807, 2.05) is 0 Å². The van der Waals surface area contributed by atoms with Crippen molar-refractivity contribution in [2.75, 3.05) is 11.5 Å². The Morgan fingerprint density at radius 2 is 0.905 bits per heavy atom. The predicted octanol–water partition coefficient (Wildman–Crippen LogP) is -1.12. The topological polar surface area (TPSA) is 132 Å². The van der Waals surface area contributed by atoms with Crippen LogP contribution in [0.1, 0.15) is 20.7 Å². The number of carbonyl (C=O) groups is 2. The molecule has 0 radical (unpaired) electrons. The number of aromatic carboxylic acids is 2. The summed E-state index contributed by atoms with van der Waals surface area (Å²) in [6.45, 7) is 0. The van der Waals surface area contributed by atoms with E-state index in [4.69, 9.17) is 11.5 Å². The molecule has 0 saturated heterocycles. The summed E-state index contributed by atoms with van der Waals surface area (Å²) in [5.41, 5.74) is 12.0. The van der Waals surface area contributed by atoms with Crippen molar-refractivity contribution in [3.63, 3.8) is 0 Å². The van der Waals surface area contributed by atoms with Gasteiger partial charge in [-0.3, -0.25) is 0 Å². The van der Waals surface area contributed by atoms with Crippen molar-refractivity contribution in [1.82, 2.24) is 0 Å². The minimum Gasteiger partial charge on any atom is -0.545 e. The van der Waals surface area contributed by atoms with Gasteiger partial charge in [-0.1, -0.05) is 24.3 Å². The molecule has 0 unspecified atom stereocenters. The third kappa shape index (κ3) is 7.14. The normalized spacial score (nSPS) is 8.76. The Kier molecular flexibility index (Phi) is 8.72. The van der Waals surface area contributed by atoms with Crippen LogP contribution in [0, 0.1) is 0 Å². The molecule has 2 rings (SSSR count). The third-order valence-electron chi connectivity index (χ3n) is 2.29. The van der Waals surface area contributed by atoms with Gasteiger partial charge in [0.15, 0.2) is 0 Å². The fraction of sp³-hybridized carbons (Fsp3) is 0.